The molecule has 2 bridgehead atoms. The highest BCUT2D eigenvalue weighted by atomic mass is 32.2. The minimum atomic E-state index is -0.456. The zero-order valence-electron chi connectivity index (χ0n) is 27.9. The molecule has 3 fully saturated rings. The number of amides is 3. The molecule has 4 aromatic carbocycles. The second-order valence-corrected chi connectivity index (χ2v) is 15.9. The van der Waals surface area contributed by atoms with Crippen molar-refractivity contribution in [3.63, 3.8) is 0 Å². The number of nitrogens with one attached hydrogen (secondary N) is 2. The van der Waals surface area contributed by atoms with E-state index in [1.807, 2.05) is 66.7 Å². The number of ether oxygens (including phenoxy) is 2. The fourth-order valence-corrected chi connectivity index (χ4v) is 11.9. The quantitative estimate of drug-likeness (QED) is 0.137. The smallest absolute Gasteiger partial charge is 0.338 e. The molecule has 12 heteroatoms. The molecule has 2 aliphatic carbocycles. The van der Waals surface area contributed by atoms with E-state index in [0.717, 1.165) is 32.7 Å². The summed E-state index contributed by atoms with van der Waals surface area (Å²) < 4.78 is 11.0. The van der Waals surface area contributed by atoms with Gasteiger partial charge in [0.2, 0.25) is 11.8 Å². The molecule has 2 N–H and O–H groups in total. The molecule has 0 spiro atoms. The first-order valence-electron chi connectivity index (χ1n) is 17.3. The van der Waals surface area contributed by atoms with Gasteiger partial charge in [-0.3, -0.25) is 24.1 Å². The Labute approximate surface area is 306 Å². The van der Waals surface area contributed by atoms with Crippen molar-refractivity contribution >= 4 is 68.9 Å². The number of aromatic nitrogens is 1. The lowest BCUT2D eigenvalue weighted by Crippen LogP contribution is -2.42. The fourth-order valence-electron chi connectivity index (χ4n) is 8.99. The zero-order chi connectivity index (χ0) is 35.7. The maximum atomic E-state index is 14.1. The predicted octanol–water partition coefficient (Wildman–Crippen LogP) is 6.46. The van der Waals surface area contributed by atoms with E-state index >= 15 is 0 Å². The molecule has 9 rings (SSSR count). The van der Waals surface area contributed by atoms with Crippen molar-refractivity contribution < 1.29 is 28.7 Å². The van der Waals surface area contributed by atoms with Gasteiger partial charge in [-0.05, 0) is 96.0 Å². The summed E-state index contributed by atoms with van der Waals surface area (Å²) in [5.74, 6) is -1.64. The fraction of sp³-hybridized carbons (Fsp3) is 0.275. The molecule has 262 valence electrons. The third-order valence-corrected chi connectivity index (χ3v) is 13.6. The lowest BCUT2D eigenvalue weighted by Gasteiger charge is -2.43. The molecule has 5 aromatic rings. The molecule has 4 aliphatic rings. The Morgan fingerprint density at radius 1 is 0.885 bits per heavy atom. The number of esters is 1. The summed E-state index contributed by atoms with van der Waals surface area (Å²) in [6, 6.07) is 27.8. The Kier molecular flexibility index (Phi) is 8.04. The minimum Gasteiger partial charge on any atom is -0.484 e. The molecule has 3 amide bonds. The normalized spacial score (nSPS) is 25.5. The highest BCUT2D eigenvalue weighted by molar-refractivity contribution is 8.00. The van der Waals surface area contributed by atoms with E-state index < -0.39 is 17.8 Å². The standard InChI is InChI=1S/C40H33N3O7S2/c1-2-49-39(47)22-8-13-25(14-9-22)43-37(45)32-27-18-28(33(32)38(43)46)34-31(27)30(35-36(51-34)42-40(48)52-35)21-10-15-26(16-11-21)50-19-29(44)41-24-12-7-20-5-3-4-6-23(20)17-24/h3-17,27-28,30-34H,2,18-19H2,1H3,(H,41,44)(H,42,48)/t27?,28?,30-,31?,32?,33?,34?/m1/s1. The van der Waals surface area contributed by atoms with Crippen molar-refractivity contribution in [3.05, 3.63) is 117 Å². The Hall–Kier alpha value is -5.20. The molecule has 2 aliphatic heterocycles. The van der Waals surface area contributed by atoms with E-state index in [2.05, 4.69) is 10.3 Å². The largest absolute Gasteiger partial charge is 0.484 e. The van der Waals surface area contributed by atoms with Crippen LogP contribution in [-0.2, 0) is 19.1 Å². The number of thiazole rings is 1. The molecule has 1 saturated heterocycles. The van der Waals surface area contributed by atoms with Crippen LogP contribution in [0.2, 0.25) is 0 Å². The average Bonchev–Trinajstić information content (AvgIpc) is 3.90. The van der Waals surface area contributed by atoms with Crippen molar-refractivity contribution in [2.24, 2.45) is 29.6 Å². The Bertz CT molecular complexity index is 2320. The van der Waals surface area contributed by atoms with Crippen molar-refractivity contribution in [1.29, 1.82) is 0 Å². The first kappa shape index (κ1) is 32.7. The van der Waals surface area contributed by atoms with Gasteiger partial charge in [0, 0.05) is 21.7 Å². The van der Waals surface area contributed by atoms with Crippen LogP contribution in [-0.4, -0.2) is 47.1 Å². The average molecular weight is 732 g/mol. The molecule has 2 saturated carbocycles. The second kappa shape index (κ2) is 12.8. The summed E-state index contributed by atoms with van der Waals surface area (Å²) in [5, 5.41) is 5.90. The number of hydrogen-bond donors (Lipinski definition) is 2. The molecule has 52 heavy (non-hydrogen) atoms. The SMILES string of the molecule is CCOC(=O)c1ccc(N2C(=O)C3C4CC(C3C2=O)C2C4Sc3[nH]c(=O)sc3[C@@H]2c2ccc(OCC(=O)Nc3ccc4ccccc4c3)cc2)cc1. The van der Waals surface area contributed by atoms with Gasteiger partial charge in [-0.25, -0.2) is 4.79 Å². The number of hydrogen-bond acceptors (Lipinski definition) is 9. The molecule has 7 atom stereocenters. The van der Waals surface area contributed by atoms with Gasteiger partial charge in [-0.2, -0.15) is 0 Å². The van der Waals surface area contributed by atoms with Gasteiger partial charge < -0.3 is 19.8 Å². The van der Waals surface area contributed by atoms with Gasteiger partial charge in [0.1, 0.15) is 5.75 Å². The molecule has 10 nitrogen and oxygen atoms in total. The van der Waals surface area contributed by atoms with E-state index in [1.54, 1.807) is 43.0 Å². The van der Waals surface area contributed by atoms with E-state index in [1.165, 1.54) is 16.2 Å². The topological polar surface area (TPSA) is 135 Å². The Morgan fingerprint density at radius 2 is 1.62 bits per heavy atom. The lowest BCUT2D eigenvalue weighted by atomic mass is 9.68. The highest BCUT2D eigenvalue weighted by Crippen LogP contribution is 2.68. The lowest BCUT2D eigenvalue weighted by molar-refractivity contribution is -0.123. The number of nitrogens with zero attached hydrogens (tertiary/aromatic N) is 1. The molecular formula is C40H33N3O7S2. The van der Waals surface area contributed by atoms with Crippen molar-refractivity contribution in [3.8, 4) is 5.75 Å². The molecule has 6 unspecified atom stereocenters. The number of aromatic amines is 1. The summed E-state index contributed by atoms with van der Waals surface area (Å²) in [6.07, 6.45) is 0.772. The van der Waals surface area contributed by atoms with Gasteiger partial charge in [0.05, 0.1) is 34.7 Å². The third kappa shape index (κ3) is 5.35. The van der Waals surface area contributed by atoms with Crippen LogP contribution in [0.4, 0.5) is 11.4 Å². The number of thioether (sulfide) groups is 1. The van der Waals surface area contributed by atoms with Crippen LogP contribution < -0.4 is 19.8 Å². The monoisotopic (exact) mass is 731 g/mol. The summed E-state index contributed by atoms with van der Waals surface area (Å²) in [6.45, 7) is 1.83. The number of imide groups is 1. The number of carbonyl (C=O) groups excluding carboxylic acids is 4. The van der Waals surface area contributed by atoms with Crippen molar-refractivity contribution in [2.75, 3.05) is 23.4 Å². The summed E-state index contributed by atoms with van der Waals surface area (Å²) in [4.78, 5) is 70.9. The van der Waals surface area contributed by atoms with E-state index in [0.29, 0.717) is 22.7 Å². The maximum absolute atomic E-state index is 14.1. The molecular weight excluding hydrogens is 699 g/mol. The number of benzene rings is 4. The highest BCUT2D eigenvalue weighted by Gasteiger charge is 2.69. The first-order chi connectivity index (χ1) is 25.3. The van der Waals surface area contributed by atoms with Crippen LogP contribution >= 0.6 is 23.1 Å². The van der Waals surface area contributed by atoms with Crippen LogP contribution in [0.15, 0.2) is 101 Å². The second-order valence-electron chi connectivity index (χ2n) is 13.7. The summed E-state index contributed by atoms with van der Waals surface area (Å²) in [7, 11) is 0. The van der Waals surface area contributed by atoms with E-state index in [9.17, 15) is 24.0 Å². The van der Waals surface area contributed by atoms with Gasteiger partial charge in [-0.1, -0.05) is 53.8 Å². The van der Waals surface area contributed by atoms with Crippen LogP contribution in [0, 0.1) is 29.6 Å². The van der Waals surface area contributed by atoms with Crippen LogP contribution in [0.25, 0.3) is 10.8 Å². The van der Waals surface area contributed by atoms with Gasteiger partial charge in [0.15, 0.2) is 6.61 Å². The summed E-state index contributed by atoms with van der Waals surface area (Å²) in [5.41, 5.74) is 2.50. The zero-order valence-corrected chi connectivity index (χ0v) is 29.6. The van der Waals surface area contributed by atoms with Gasteiger partial charge in [-0.15, -0.1) is 11.8 Å². The van der Waals surface area contributed by atoms with Crippen LogP contribution in [0.5, 0.6) is 5.75 Å². The summed E-state index contributed by atoms with van der Waals surface area (Å²) >= 11 is 2.84. The van der Waals surface area contributed by atoms with Crippen molar-refractivity contribution in [2.45, 2.75) is 29.5 Å². The Balaban J connectivity index is 0.940. The Morgan fingerprint density at radius 3 is 2.37 bits per heavy atom. The van der Waals surface area contributed by atoms with Crippen molar-refractivity contribution in [1.82, 2.24) is 4.98 Å². The van der Waals surface area contributed by atoms with Crippen LogP contribution in [0.1, 0.15) is 40.1 Å². The number of anilines is 2. The van der Waals surface area contributed by atoms with E-state index in [-0.39, 0.29) is 64.7 Å². The third-order valence-electron chi connectivity index (χ3n) is 11.0. The molecule has 1 aromatic heterocycles. The molecule has 3 heterocycles. The minimum absolute atomic E-state index is 0.0203. The van der Waals surface area contributed by atoms with E-state index in [4.69, 9.17) is 9.47 Å². The van der Waals surface area contributed by atoms with Gasteiger partial charge >= 0.3 is 10.8 Å². The first-order valence-corrected chi connectivity index (χ1v) is 19.0. The van der Waals surface area contributed by atoms with Gasteiger partial charge in [0.25, 0.3) is 5.91 Å². The maximum Gasteiger partial charge on any atom is 0.338 e. The van der Waals surface area contributed by atoms with Crippen LogP contribution in [0.3, 0.4) is 0 Å². The number of H-pyrrole nitrogens is 1. The predicted molar refractivity (Wildman–Crippen MR) is 198 cm³/mol. The number of carbonyl (C=O) groups is 4. The molecule has 0 radical (unpaired) electrons. The number of rotatable bonds is 8. The number of fused-ring (bicyclic) bond motifs is 10.